The second kappa shape index (κ2) is 6.31. The lowest BCUT2D eigenvalue weighted by Gasteiger charge is -2.32. The topological polar surface area (TPSA) is 84.6 Å². The van der Waals surface area contributed by atoms with E-state index in [2.05, 4.69) is 19.8 Å². The van der Waals surface area contributed by atoms with Crippen LogP contribution in [0, 0.1) is 10.1 Å². The number of rotatable bonds is 4. The fourth-order valence-electron chi connectivity index (χ4n) is 2.93. The average molecular weight is 293 g/mol. The zero-order valence-electron chi connectivity index (χ0n) is 11.8. The Hall–Kier alpha value is -1.80. The summed E-state index contributed by atoms with van der Waals surface area (Å²) in [4.78, 5) is 23.1. The minimum Gasteiger partial charge on any atom is -0.379 e. The Bertz CT molecular complexity index is 489. The standard InChI is InChI=1S/C13H19N5O3/c19-18(20)12-8-14-13(15-9-12)17-3-1-2-11(17)10-16-4-6-21-7-5-16/h8-9,11H,1-7,10H2. The van der Waals surface area contributed by atoms with Crippen LogP contribution < -0.4 is 4.90 Å². The van der Waals surface area contributed by atoms with Gasteiger partial charge in [0.05, 0.1) is 18.1 Å². The molecule has 0 spiro atoms. The van der Waals surface area contributed by atoms with Crippen LogP contribution in [-0.4, -0.2) is 65.2 Å². The molecule has 114 valence electrons. The molecule has 0 aliphatic carbocycles. The highest BCUT2D eigenvalue weighted by Crippen LogP contribution is 2.24. The van der Waals surface area contributed by atoms with Crippen LogP contribution in [-0.2, 0) is 4.74 Å². The first-order valence-corrected chi connectivity index (χ1v) is 7.27. The Morgan fingerprint density at radius 3 is 2.67 bits per heavy atom. The summed E-state index contributed by atoms with van der Waals surface area (Å²) in [5.74, 6) is 0.594. The van der Waals surface area contributed by atoms with Crippen molar-refractivity contribution in [2.24, 2.45) is 0 Å². The Morgan fingerprint density at radius 2 is 2.00 bits per heavy atom. The van der Waals surface area contributed by atoms with Crippen molar-refractivity contribution in [3.63, 3.8) is 0 Å². The third-order valence-corrected chi connectivity index (χ3v) is 4.04. The van der Waals surface area contributed by atoms with E-state index in [4.69, 9.17) is 4.74 Å². The van der Waals surface area contributed by atoms with Crippen molar-refractivity contribution in [2.45, 2.75) is 18.9 Å². The summed E-state index contributed by atoms with van der Waals surface area (Å²) in [5, 5.41) is 10.7. The van der Waals surface area contributed by atoms with Crippen molar-refractivity contribution in [1.82, 2.24) is 14.9 Å². The molecule has 0 aromatic carbocycles. The average Bonchev–Trinajstić information content (AvgIpc) is 2.96. The number of anilines is 1. The van der Waals surface area contributed by atoms with Crippen LogP contribution in [0.15, 0.2) is 12.4 Å². The predicted octanol–water partition coefficient (Wildman–Crippen LogP) is 0.686. The fourth-order valence-corrected chi connectivity index (χ4v) is 2.93. The lowest BCUT2D eigenvalue weighted by Crippen LogP contribution is -2.45. The molecule has 2 saturated heterocycles. The van der Waals surface area contributed by atoms with Crippen LogP contribution in [0.25, 0.3) is 0 Å². The second-order valence-corrected chi connectivity index (χ2v) is 5.40. The van der Waals surface area contributed by atoms with Crippen LogP contribution in [0.3, 0.4) is 0 Å². The number of aromatic nitrogens is 2. The molecule has 3 heterocycles. The maximum Gasteiger partial charge on any atom is 0.305 e. The Kier molecular flexibility index (Phi) is 4.26. The first-order chi connectivity index (χ1) is 10.2. The molecule has 2 aliphatic rings. The van der Waals surface area contributed by atoms with Crippen LogP contribution in [0.2, 0.25) is 0 Å². The number of nitro groups is 1. The van der Waals surface area contributed by atoms with Gasteiger partial charge in [0.2, 0.25) is 5.95 Å². The van der Waals surface area contributed by atoms with Gasteiger partial charge in [0.25, 0.3) is 0 Å². The van der Waals surface area contributed by atoms with E-state index >= 15 is 0 Å². The minimum atomic E-state index is -0.473. The molecule has 0 radical (unpaired) electrons. The van der Waals surface area contributed by atoms with E-state index in [1.54, 1.807) is 0 Å². The third kappa shape index (κ3) is 3.27. The quantitative estimate of drug-likeness (QED) is 0.596. The van der Waals surface area contributed by atoms with Gasteiger partial charge in [-0.2, -0.15) is 0 Å². The van der Waals surface area contributed by atoms with Crippen molar-refractivity contribution >= 4 is 11.6 Å². The van der Waals surface area contributed by atoms with Gasteiger partial charge in [0, 0.05) is 32.2 Å². The summed E-state index contributed by atoms with van der Waals surface area (Å²) in [6.07, 6.45) is 4.78. The fraction of sp³-hybridized carbons (Fsp3) is 0.692. The van der Waals surface area contributed by atoms with Gasteiger partial charge in [0.1, 0.15) is 12.4 Å². The lowest BCUT2D eigenvalue weighted by atomic mass is 10.2. The van der Waals surface area contributed by atoms with Gasteiger partial charge >= 0.3 is 5.69 Å². The Balaban J connectivity index is 1.66. The number of hydrogen-bond donors (Lipinski definition) is 0. The summed E-state index contributed by atoms with van der Waals surface area (Å²) in [7, 11) is 0. The summed E-state index contributed by atoms with van der Waals surface area (Å²) >= 11 is 0. The van der Waals surface area contributed by atoms with E-state index in [1.165, 1.54) is 12.4 Å². The van der Waals surface area contributed by atoms with Gasteiger partial charge in [-0.3, -0.25) is 15.0 Å². The van der Waals surface area contributed by atoms with Crippen molar-refractivity contribution in [3.05, 3.63) is 22.5 Å². The number of morpholine rings is 1. The molecular formula is C13H19N5O3. The molecule has 1 aromatic rings. The van der Waals surface area contributed by atoms with E-state index in [1.807, 2.05) is 0 Å². The van der Waals surface area contributed by atoms with Crippen molar-refractivity contribution in [2.75, 3.05) is 44.3 Å². The van der Waals surface area contributed by atoms with Crippen molar-refractivity contribution in [3.8, 4) is 0 Å². The van der Waals surface area contributed by atoms with E-state index < -0.39 is 4.92 Å². The highest BCUT2D eigenvalue weighted by atomic mass is 16.6. The molecule has 0 bridgehead atoms. The highest BCUT2D eigenvalue weighted by Gasteiger charge is 2.29. The van der Waals surface area contributed by atoms with E-state index in [0.29, 0.717) is 12.0 Å². The maximum atomic E-state index is 10.7. The highest BCUT2D eigenvalue weighted by molar-refractivity contribution is 5.36. The van der Waals surface area contributed by atoms with E-state index in [0.717, 1.165) is 52.2 Å². The summed E-state index contributed by atoms with van der Waals surface area (Å²) < 4.78 is 5.37. The lowest BCUT2D eigenvalue weighted by molar-refractivity contribution is -0.385. The zero-order valence-corrected chi connectivity index (χ0v) is 11.8. The smallest absolute Gasteiger partial charge is 0.305 e. The van der Waals surface area contributed by atoms with Gasteiger partial charge < -0.3 is 9.64 Å². The molecule has 2 fully saturated rings. The summed E-state index contributed by atoms with van der Waals surface area (Å²) in [6, 6.07) is 0.379. The molecule has 3 rings (SSSR count). The third-order valence-electron chi connectivity index (χ3n) is 4.04. The van der Waals surface area contributed by atoms with Gasteiger partial charge in [-0.05, 0) is 12.8 Å². The summed E-state index contributed by atoms with van der Waals surface area (Å²) in [6.45, 7) is 5.40. The Labute approximate surface area is 122 Å². The number of ether oxygens (including phenoxy) is 1. The van der Waals surface area contributed by atoms with Gasteiger partial charge in [-0.25, -0.2) is 9.97 Å². The minimum absolute atomic E-state index is 0.0670. The first-order valence-electron chi connectivity index (χ1n) is 7.27. The van der Waals surface area contributed by atoms with Crippen LogP contribution in [0.1, 0.15) is 12.8 Å². The predicted molar refractivity (Wildman–Crippen MR) is 76.3 cm³/mol. The normalized spacial score (nSPS) is 23.4. The van der Waals surface area contributed by atoms with Gasteiger partial charge in [0.15, 0.2) is 0 Å². The second-order valence-electron chi connectivity index (χ2n) is 5.40. The summed E-state index contributed by atoms with van der Waals surface area (Å²) in [5.41, 5.74) is -0.0670. The van der Waals surface area contributed by atoms with E-state index in [-0.39, 0.29) is 5.69 Å². The maximum absolute atomic E-state index is 10.7. The molecule has 1 unspecified atom stereocenters. The van der Waals surface area contributed by atoms with Gasteiger partial charge in [-0.1, -0.05) is 0 Å². The number of hydrogen-bond acceptors (Lipinski definition) is 7. The molecule has 1 aromatic heterocycles. The molecule has 1 atom stereocenters. The molecular weight excluding hydrogens is 274 g/mol. The SMILES string of the molecule is O=[N+]([O-])c1cnc(N2CCCC2CN2CCOCC2)nc1. The molecule has 2 aliphatic heterocycles. The van der Waals surface area contributed by atoms with Gasteiger partial charge in [-0.15, -0.1) is 0 Å². The van der Waals surface area contributed by atoms with Crippen molar-refractivity contribution < 1.29 is 9.66 Å². The number of nitrogens with zero attached hydrogens (tertiary/aromatic N) is 5. The molecule has 21 heavy (non-hydrogen) atoms. The molecule has 8 heteroatoms. The zero-order chi connectivity index (χ0) is 14.7. The van der Waals surface area contributed by atoms with Crippen LogP contribution >= 0.6 is 0 Å². The van der Waals surface area contributed by atoms with Crippen LogP contribution in [0.4, 0.5) is 11.6 Å². The van der Waals surface area contributed by atoms with E-state index in [9.17, 15) is 10.1 Å². The first kappa shape index (κ1) is 14.2. The largest absolute Gasteiger partial charge is 0.379 e. The molecule has 0 amide bonds. The van der Waals surface area contributed by atoms with Crippen molar-refractivity contribution in [1.29, 1.82) is 0 Å². The molecule has 0 N–H and O–H groups in total. The molecule has 0 saturated carbocycles. The Morgan fingerprint density at radius 1 is 1.29 bits per heavy atom. The van der Waals surface area contributed by atoms with Crippen LogP contribution in [0.5, 0.6) is 0 Å². The molecule has 8 nitrogen and oxygen atoms in total. The monoisotopic (exact) mass is 293 g/mol.